The number of aryl methyl sites for hydroxylation is 1. The molecule has 0 saturated heterocycles. The highest BCUT2D eigenvalue weighted by atomic mass is 14.4. The first-order valence-corrected chi connectivity index (χ1v) is 14.4. The monoisotopic (exact) mass is 434 g/mol. The molecular formula is C32H50. The Morgan fingerprint density at radius 2 is 1.25 bits per heavy atom. The SMILES string of the molecule is CCCCCCc1ccc(C#CC2CCC(C3CCC(CCCCCC)CC3)CC2)cc1. The van der Waals surface area contributed by atoms with Gasteiger partial charge in [0.15, 0.2) is 0 Å². The summed E-state index contributed by atoms with van der Waals surface area (Å²) in [6.07, 6.45) is 25.5. The van der Waals surface area contributed by atoms with Gasteiger partial charge in [0, 0.05) is 11.5 Å². The Bertz CT molecular complexity index is 656. The van der Waals surface area contributed by atoms with Crippen LogP contribution in [-0.2, 0) is 6.42 Å². The zero-order chi connectivity index (χ0) is 22.4. The van der Waals surface area contributed by atoms with E-state index in [4.69, 9.17) is 0 Å². The number of rotatable bonds is 11. The minimum atomic E-state index is 0.634. The van der Waals surface area contributed by atoms with Crippen LogP contribution in [0.25, 0.3) is 0 Å². The highest BCUT2D eigenvalue weighted by Gasteiger charge is 2.30. The van der Waals surface area contributed by atoms with E-state index in [1.165, 1.54) is 127 Å². The van der Waals surface area contributed by atoms with Crippen LogP contribution in [0.3, 0.4) is 0 Å². The summed E-state index contributed by atoms with van der Waals surface area (Å²) in [4.78, 5) is 0. The molecule has 0 nitrogen and oxygen atoms in total. The van der Waals surface area contributed by atoms with Gasteiger partial charge in [0.05, 0.1) is 0 Å². The molecule has 0 unspecified atom stereocenters. The zero-order valence-corrected chi connectivity index (χ0v) is 21.3. The highest BCUT2D eigenvalue weighted by molar-refractivity contribution is 5.36. The molecule has 0 amide bonds. The largest absolute Gasteiger partial charge is 0.0945 e. The minimum Gasteiger partial charge on any atom is -0.0945 e. The fraction of sp³-hybridized carbons (Fsp3) is 0.750. The Labute approximate surface area is 200 Å². The van der Waals surface area contributed by atoms with Crippen LogP contribution in [0.1, 0.15) is 134 Å². The lowest BCUT2D eigenvalue weighted by Gasteiger charge is -2.37. The standard InChI is InChI=1S/C32H50/c1-3-5-7-9-11-27-13-15-29(16-14-27)17-18-30-21-25-32(26-22-30)31-23-19-28(20-24-31)12-10-8-6-4-2/h13-16,28,30-32H,3-12,19-26H2,1-2H3. The van der Waals surface area contributed by atoms with Crippen molar-refractivity contribution in [1.82, 2.24) is 0 Å². The summed E-state index contributed by atoms with van der Waals surface area (Å²) in [7, 11) is 0. The number of unbranched alkanes of at least 4 members (excludes halogenated alkanes) is 6. The Balaban J connectivity index is 1.33. The molecule has 2 aliphatic carbocycles. The van der Waals surface area contributed by atoms with Gasteiger partial charge in [-0.1, -0.05) is 102 Å². The van der Waals surface area contributed by atoms with Crippen molar-refractivity contribution < 1.29 is 0 Å². The van der Waals surface area contributed by atoms with Gasteiger partial charge in [-0.3, -0.25) is 0 Å². The van der Waals surface area contributed by atoms with Gasteiger partial charge >= 0.3 is 0 Å². The van der Waals surface area contributed by atoms with Crippen molar-refractivity contribution in [2.24, 2.45) is 23.7 Å². The first-order valence-electron chi connectivity index (χ1n) is 14.4. The van der Waals surface area contributed by atoms with Gasteiger partial charge in [0.2, 0.25) is 0 Å². The van der Waals surface area contributed by atoms with Crippen molar-refractivity contribution in [2.75, 3.05) is 0 Å². The third-order valence-corrected chi connectivity index (χ3v) is 8.49. The fourth-order valence-electron chi connectivity index (χ4n) is 6.24. The van der Waals surface area contributed by atoms with Crippen molar-refractivity contribution in [3.8, 4) is 11.8 Å². The van der Waals surface area contributed by atoms with Crippen LogP contribution >= 0.6 is 0 Å². The molecule has 2 aliphatic rings. The summed E-state index contributed by atoms with van der Waals surface area (Å²) >= 11 is 0. The molecule has 3 rings (SSSR count). The van der Waals surface area contributed by atoms with E-state index in [1.54, 1.807) is 0 Å². The molecule has 0 atom stereocenters. The van der Waals surface area contributed by atoms with Gasteiger partial charge < -0.3 is 0 Å². The summed E-state index contributed by atoms with van der Waals surface area (Å²) in [6, 6.07) is 9.09. The number of hydrogen-bond donors (Lipinski definition) is 0. The van der Waals surface area contributed by atoms with Crippen LogP contribution in [0.2, 0.25) is 0 Å². The van der Waals surface area contributed by atoms with Crippen LogP contribution in [0.4, 0.5) is 0 Å². The molecule has 1 aromatic rings. The average molecular weight is 435 g/mol. The summed E-state index contributed by atoms with van der Waals surface area (Å²) < 4.78 is 0. The second-order valence-electron chi connectivity index (χ2n) is 11.0. The molecule has 1 aromatic carbocycles. The van der Waals surface area contributed by atoms with Gasteiger partial charge in [-0.05, 0) is 86.8 Å². The summed E-state index contributed by atoms with van der Waals surface area (Å²) in [5.41, 5.74) is 2.68. The van der Waals surface area contributed by atoms with Gasteiger partial charge in [0.1, 0.15) is 0 Å². The lowest BCUT2D eigenvalue weighted by molar-refractivity contribution is 0.153. The first-order chi connectivity index (χ1) is 15.8. The topological polar surface area (TPSA) is 0 Å². The second-order valence-corrected chi connectivity index (χ2v) is 11.0. The predicted molar refractivity (Wildman–Crippen MR) is 141 cm³/mol. The number of hydrogen-bond acceptors (Lipinski definition) is 0. The van der Waals surface area contributed by atoms with Crippen LogP contribution in [0.5, 0.6) is 0 Å². The van der Waals surface area contributed by atoms with Crippen molar-refractivity contribution in [3.05, 3.63) is 35.4 Å². The highest BCUT2D eigenvalue weighted by Crippen LogP contribution is 2.42. The van der Waals surface area contributed by atoms with Crippen molar-refractivity contribution in [1.29, 1.82) is 0 Å². The van der Waals surface area contributed by atoms with E-state index in [0.29, 0.717) is 5.92 Å². The molecule has 0 heteroatoms. The zero-order valence-electron chi connectivity index (χ0n) is 21.3. The Kier molecular flexibility index (Phi) is 11.8. The molecule has 0 aromatic heterocycles. The lowest BCUT2D eigenvalue weighted by Crippen LogP contribution is -2.25. The Hall–Kier alpha value is -1.22. The minimum absolute atomic E-state index is 0.634. The van der Waals surface area contributed by atoms with Gasteiger partial charge in [0.25, 0.3) is 0 Å². The van der Waals surface area contributed by atoms with E-state index in [0.717, 1.165) is 17.8 Å². The predicted octanol–water partition coefficient (Wildman–Crippen LogP) is 9.74. The normalized spacial score (nSPS) is 25.8. The van der Waals surface area contributed by atoms with Crippen molar-refractivity contribution in [3.63, 3.8) is 0 Å². The van der Waals surface area contributed by atoms with E-state index in [1.807, 2.05) is 0 Å². The molecular weight excluding hydrogens is 384 g/mol. The molecule has 2 saturated carbocycles. The van der Waals surface area contributed by atoms with Crippen LogP contribution in [0.15, 0.2) is 24.3 Å². The molecule has 0 spiro atoms. The quantitative estimate of drug-likeness (QED) is 0.240. The van der Waals surface area contributed by atoms with Gasteiger partial charge in [-0.2, -0.15) is 0 Å². The third-order valence-electron chi connectivity index (χ3n) is 8.49. The van der Waals surface area contributed by atoms with E-state index in [2.05, 4.69) is 50.0 Å². The smallest absolute Gasteiger partial charge is 0.0245 e. The van der Waals surface area contributed by atoms with E-state index >= 15 is 0 Å². The molecule has 32 heavy (non-hydrogen) atoms. The van der Waals surface area contributed by atoms with Crippen molar-refractivity contribution in [2.45, 2.75) is 129 Å². The Morgan fingerprint density at radius 3 is 1.88 bits per heavy atom. The van der Waals surface area contributed by atoms with Crippen molar-refractivity contribution >= 4 is 0 Å². The fourth-order valence-corrected chi connectivity index (χ4v) is 6.24. The van der Waals surface area contributed by atoms with E-state index in [9.17, 15) is 0 Å². The van der Waals surface area contributed by atoms with Crippen LogP contribution in [0, 0.1) is 35.5 Å². The molecule has 0 heterocycles. The molecule has 0 radical (unpaired) electrons. The second kappa shape index (κ2) is 14.8. The number of benzene rings is 1. The average Bonchev–Trinajstić information content (AvgIpc) is 2.85. The lowest BCUT2D eigenvalue weighted by atomic mass is 9.69. The molecule has 0 aliphatic heterocycles. The van der Waals surface area contributed by atoms with Gasteiger partial charge in [-0.15, -0.1) is 0 Å². The van der Waals surface area contributed by atoms with E-state index in [-0.39, 0.29) is 0 Å². The molecule has 0 N–H and O–H groups in total. The maximum absolute atomic E-state index is 3.63. The third kappa shape index (κ3) is 8.96. The molecule has 178 valence electrons. The summed E-state index contributed by atoms with van der Waals surface area (Å²) in [6.45, 7) is 4.60. The molecule has 0 bridgehead atoms. The summed E-state index contributed by atoms with van der Waals surface area (Å²) in [5.74, 6) is 10.8. The van der Waals surface area contributed by atoms with Crippen LogP contribution in [-0.4, -0.2) is 0 Å². The van der Waals surface area contributed by atoms with E-state index < -0.39 is 0 Å². The molecule has 2 fully saturated rings. The maximum Gasteiger partial charge on any atom is 0.0245 e. The van der Waals surface area contributed by atoms with Crippen LogP contribution < -0.4 is 0 Å². The summed E-state index contributed by atoms with van der Waals surface area (Å²) in [5, 5.41) is 0. The van der Waals surface area contributed by atoms with Gasteiger partial charge in [-0.25, -0.2) is 0 Å². The first kappa shape index (κ1) is 25.4. The Morgan fingerprint density at radius 1 is 0.656 bits per heavy atom. The maximum atomic E-state index is 3.63.